The Morgan fingerprint density at radius 3 is 2.90 bits per heavy atom. The van der Waals surface area contributed by atoms with Gasteiger partial charge in [-0.25, -0.2) is 28.2 Å². The summed E-state index contributed by atoms with van der Waals surface area (Å²) < 4.78 is 56.7. The van der Waals surface area contributed by atoms with Crippen molar-refractivity contribution in [2.45, 2.75) is 25.5 Å². The van der Waals surface area contributed by atoms with Crippen molar-refractivity contribution in [2.24, 2.45) is 0 Å². The molecule has 0 bridgehead atoms. The van der Waals surface area contributed by atoms with E-state index in [2.05, 4.69) is 24.8 Å². The van der Waals surface area contributed by atoms with Gasteiger partial charge in [-0.05, 0) is 23.3 Å². The Hall–Kier alpha value is -2.61. The van der Waals surface area contributed by atoms with Crippen LogP contribution in [0.5, 0.6) is 0 Å². The zero-order chi connectivity index (χ0) is 22.2. The van der Waals surface area contributed by atoms with Gasteiger partial charge in [0.25, 0.3) is 16.8 Å². The van der Waals surface area contributed by atoms with E-state index in [1.807, 2.05) is 11.8 Å². The Labute approximate surface area is 178 Å². The van der Waals surface area contributed by atoms with E-state index >= 15 is 0 Å². The Morgan fingerprint density at radius 1 is 1.35 bits per heavy atom. The molecular formula is C18H22F2N7O3S+. The topological polar surface area (TPSA) is 118 Å². The summed E-state index contributed by atoms with van der Waals surface area (Å²) in [6, 6.07) is 4.47. The Balaban J connectivity index is 1.61. The smallest absolute Gasteiger partial charge is 0.285 e. The summed E-state index contributed by atoms with van der Waals surface area (Å²) in [5.74, 6) is 0.618. The lowest BCUT2D eigenvalue weighted by atomic mass is 10.2. The second-order valence-electron chi connectivity index (χ2n) is 7.34. The number of morpholine rings is 1. The SMILES string of the molecule is C[C@@H]1CO[C@H](CN[S+](C)(=O)O)CN1c1cc(-c2cnc3ccc(C(F)F)nn23)ncn1. The molecule has 1 aliphatic rings. The van der Waals surface area contributed by atoms with Crippen LogP contribution in [0.3, 0.4) is 0 Å². The lowest BCUT2D eigenvalue weighted by molar-refractivity contribution is 0.0257. The monoisotopic (exact) mass is 454 g/mol. The highest BCUT2D eigenvalue weighted by molar-refractivity contribution is 7.95. The standard InChI is InChI=1S/C18H21F2N7O3S/c1-11-9-30-12(6-24-31(2,28)29)8-26(11)17-5-14(22-10-23-17)15-7-21-16-4-3-13(18(19)20)25-27(15)16/h3-5,7,10-12,18H,6,8-9H2,1-2H3,(H-,24,28,29)/p+1/t11-,12-/m1/s1. The van der Waals surface area contributed by atoms with Gasteiger partial charge in [0.15, 0.2) is 11.9 Å². The molecule has 0 aromatic carbocycles. The number of alkyl halides is 2. The third-order valence-corrected chi connectivity index (χ3v) is 5.60. The molecule has 3 aromatic heterocycles. The molecule has 4 heterocycles. The molecule has 0 radical (unpaired) electrons. The van der Waals surface area contributed by atoms with Crippen LogP contribution in [-0.2, 0) is 19.3 Å². The fraction of sp³-hybridized carbons (Fsp3) is 0.444. The molecule has 3 atom stereocenters. The summed E-state index contributed by atoms with van der Waals surface area (Å²) in [5, 5.41) is 3.98. The minimum atomic E-state index is -3.08. The van der Waals surface area contributed by atoms with E-state index in [0.717, 1.165) is 0 Å². The Morgan fingerprint density at radius 2 is 2.16 bits per heavy atom. The molecule has 0 spiro atoms. The van der Waals surface area contributed by atoms with Crippen LogP contribution in [0.4, 0.5) is 14.6 Å². The van der Waals surface area contributed by atoms with Gasteiger partial charge in [0.2, 0.25) is 0 Å². The van der Waals surface area contributed by atoms with Gasteiger partial charge in [-0.2, -0.15) is 9.65 Å². The zero-order valence-corrected chi connectivity index (χ0v) is 17.7. The Bertz CT molecular complexity index is 1120. The van der Waals surface area contributed by atoms with E-state index in [-0.39, 0.29) is 24.4 Å². The lowest BCUT2D eigenvalue weighted by Gasteiger charge is -2.38. The highest BCUT2D eigenvalue weighted by Gasteiger charge is 2.30. The van der Waals surface area contributed by atoms with Crippen molar-refractivity contribution in [1.82, 2.24) is 29.3 Å². The first-order valence-electron chi connectivity index (χ1n) is 9.51. The number of ether oxygens (including phenoxy) is 1. The molecular weight excluding hydrogens is 432 g/mol. The lowest BCUT2D eigenvalue weighted by Crippen LogP contribution is -2.52. The van der Waals surface area contributed by atoms with Crippen LogP contribution in [0, 0.1) is 0 Å². The number of rotatable bonds is 6. The minimum Gasteiger partial charge on any atom is -0.373 e. The predicted molar refractivity (Wildman–Crippen MR) is 110 cm³/mol. The largest absolute Gasteiger partial charge is 0.373 e. The van der Waals surface area contributed by atoms with E-state index in [4.69, 9.17) is 4.74 Å². The molecule has 0 saturated carbocycles. The number of hydrogen-bond acceptors (Lipinski definition) is 7. The number of nitrogens with one attached hydrogen (secondary N) is 1. The van der Waals surface area contributed by atoms with Gasteiger partial charge >= 0.3 is 0 Å². The molecule has 1 unspecified atom stereocenters. The van der Waals surface area contributed by atoms with Gasteiger partial charge in [0, 0.05) is 12.6 Å². The molecule has 2 N–H and O–H groups in total. The first-order chi connectivity index (χ1) is 14.7. The third-order valence-electron chi connectivity index (χ3n) is 4.90. The number of nitrogens with zero attached hydrogens (tertiary/aromatic N) is 6. The van der Waals surface area contributed by atoms with Crippen LogP contribution >= 0.6 is 0 Å². The van der Waals surface area contributed by atoms with Crippen molar-refractivity contribution >= 4 is 21.9 Å². The number of fused-ring (bicyclic) bond motifs is 1. The molecule has 1 aliphatic heterocycles. The Kier molecular flexibility index (Phi) is 5.92. The summed E-state index contributed by atoms with van der Waals surface area (Å²) in [6.45, 7) is 3.05. The van der Waals surface area contributed by atoms with E-state index in [1.54, 1.807) is 6.07 Å². The van der Waals surface area contributed by atoms with Gasteiger partial charge in [-0.1, -0.05) is 0 Å². The fourth-order valence-corrected chi connectivity index (χ4v) is 3.83. The van der Waals surface area contributed by atoms with Crippen molar-refractivity contribution in [3.63, 3.8) is 0 Å². The second-order valence-corrected chi connectivity index (χ2v) is 9.24. The summed E-state index contributed by atoms with van der Waals surface area (Å²) in [5.41, 5.74) is 1.02. The van der Waals surface area contributed by atoms with Gasteiger partial charge in [0.1, 0.15) is 23.5 Å². The normalized spacial score (nSPS) is 21.5. The molecule has 10 nitrogen and oxygen atoms in total. The summed E-state index contributed by atoms with van der Waals surface area (Å²) in [4.78, 5) is 14.9. The number of anilines is 1. The maximum Gasteiger partial charge on any atom is 0.285 e. The molecule has 4 rings (SSSR count). The maximum atomic E-state index is 13.1. The predicted octanol–water partition coefficient (Wildman–Crippen LogP) is 1.82. The fourth-order valence-electron chi connectivity index (χ4n) is 3.33. The second kappa shape index (κ2) is 8.49. The third kappa shape index (κ3) is 4.84. The van der Waals surface area contributed by atoms with Crippen LogP contribution in [0.2, 0.25) is 0 Å². The van der Waals surface area contributed by atoms with Crippen LogP contribution < -0.4 is 9.62 Å². The molecule has 1 saturated heterocycles. The number of halogens is 2. The first-order valence-corrected chi connectivity index (χ1v) is 11.4. The van der Waals surface area contributed by atoms with E-state index < -0.39 is 16.8 Å². The number of aromatic nitrogens is 5. The molecule has 13 heteroatoms. The average Bonchev–Trinajstić information content (AvgIpc) is 3.16. The highest BCUT2D eigenvalue weighted by Crippen LogP contribution is 2.25. The van der Waals surface area contributed by atoms with Gasteiger partial charge in [-0.15, -0.1) is 4.72 Å². The van der Waals surface area contributed by atoms with Crippen molar-refractivity contribution in [3.05, 3.63) is 36.4 Å². The molecule has 31 heavy (non-hydrogen) atoms. The quantitative estimate of drug-likeness (QED) is 0.542. The van der Waals surface area contributed by atoms with Gasteiger partial charge in [-0.3, -0.25) is 0 Å². The van der Waals surface area contributed by atoms with Crippen LogP contribution in [0.1, 0.15) is 19.0 Å². The number of hydrogen-bond donors (Lipinski definition) is 2. The van der Waals surface area contributed by atoms with E-state index in [1.165, 1.54) is 35.4 Å². The maximum absolute atomic E-state index is 13.1. The van der Waals surface area contributed by atoms with Crippen molar-refractivity contribution in [2.75, 3.05) is 30.9 Å². The highest BCUT2D eigenvalue weighted by atomic mass is 32.3. The summed E-state index contributed by atoms with van der Waals surface area (Å²) >= 11 is 0. The first kappa shape index (κ1) is 21.6. The summed E-state index contributed by atoms with van der Waals surface area (Å²) in [7, 11) is -3.08. The minimum absolute atomic E-state index is 0.00449. The van der Waals surface area contributed by atoms with E-state index in [9.17, 15) is 17.5 Å². The van der Waals surface area contributed by atoms with Gasteiger partial charge < -0.3 is 9.64 Å². The summed E-state index contributed by atoms with van der Waals surface area (Å²) in [6.07, 6.45) is 1.11. The van der Waals surface area contributed by atoms with Crippen LogP contribution in [0.15, 0.2) is 30.7 Å². The van der Waals surface area contributed by atoms with Crippen molar-refractivity contribution < 1.29 is 22.3 Å². The zero-order valence-electron chi connectivity index (χ0n) is 16.9. The molecule has 166 valence electrons. The van der Waals surface area contributed by atoms with E-state index in [0.29, 0.717) is 36.0 Å². The molecule has 0 amide bonds. The number of imidazole rings is 1. The van der Waals surface area contributed by atoms with Crippen LogP contribution in [-0.4, -0.2) is 67.2 Å². The van der Waals surface area contributed by atoms with Crippen molar-refractivity contribution in [3.8, 4) is 11.4 Å². The van der Waals surface area contributed by atoms with Crippen LogP contribution in [0.25, 0.3) is 17.0 Å². The molecule has 1 fully saturated rings. The average molecular weight is 454 g/mol. The van der Waals surface area contributed by atoms with Crippen molar-refractivity contribution in [1.29, 1.82) is 0 Å². The molecule has 0 aliphatic carbocycles. The molecule has 3 aromatic rings. The van der Waals surface area contributed by atoms with Gasteiger partial charge in [0.05, 0.1) is 37.2 Å².